The predicted molar refractivity (Wildman–Crippen MR) is 93.3 cm³/mol. The molecule has 0 aliphatic carbocycles. The van der Waals surface area contributed by atoms with E-state index in [-0.39, 0.29) is 12.8 Å². The van der Waals surface area contributed by atoms with E-state index in [1.807, 2.05) is 44.2 Å². The minimum atomic E-state index is -2.06. The fourth-order valence-corrected chi connectivity index (χ4v) is 3.14. The second kappa shape index (κ2) is 7.23. The lowest BCUT2D eigenvalue weighted by atomic mass is 9.73. The van der Waals surface area contributed by atoms with Crippen molar-refractivity contribution >= 4 is 5.97 Å². The van der Waals surface area contributed by atoms with Crippen molar-refractivity contribution < 1.29 is 24.1 Å². The lowest BCUT2D eigenvalue weighted by Crippen LogP contribution is -2.45. The molecule has 0 aliphatic heterocycles. The second-order valence-electron chi connectivity index (χ2n) is 6.90. The average molecular weight is 346 g/mol. The Morgan fingerprint density at radius 3 is 2.36 bits per heavy atom. The van der Waals surface area contributed by atoms with E-state index in [0.29, 0.717) is 11.3 Å². The van der Waals surface area contributed by atoms with Gasteiger partial charge < -0.3 is 14.9 Å². The van der Waals surface area contributed by atoms with Crippen molar-refractivity contribution in [2.24, 2.45) is 0 Å². The Bertz CT molecular complexity index is 743. The second-order valence-corrected chi connectivity index (χ2v) is 6.90. The van der Waals surface area contributed by atoms with Crippen molar-refractivity contribution in [1.29, 1.82) is 0 Å². The fraction of sp³-hybridized carbons (Fsp3) is 0.350. The maximum Gasteiger partial charge on any atom is 0.336 e. The number of ether oxygens (including phenoxy) is 1. The number of aliphatic carboxylic acids is 1. The van der Waals surface area contributed by atoms with Gasteiger partial charge in [-0.05, 0) is 35.6 Å². The third-order valence-corrected chi connectivity index (χ3v) is 4.41. The van der Waals surface area contributed by atoms with Crippen LogP contribution in [0.4, 0.5) is 4.39 Å². The molecule has 2 aromatic rings. The summed E-state index contributed by atoms with van der Waals surface area (Å²) in [5.41, 5.74) is -1.41. The molecule has 4 nitrogen and oxygen atoms in total. The zero-order chi connectivity index (χ0) is 18.7. The van der Waals surface area contributed by atoms with Crippen LogP contribution in [0.2, 0.25) is 0 Å². The monoisotopic (exact) mass is 346 g/mol. The third kappa shape index (κ3) is 4.37. The van der Waals surface area contributed by atoms with Crippen molar-refractivity contribution in [2.75, 3.05) is 7.11 Å². The Kier molecular flexibility index (Phi) is 5.48. The Morgan fingerprint density at radius 2 is 1.80 bits per heavy atom. The first-order valence-electron chi connectivity index (χ1n) is 8.02. The largest absolute Gasteiger partial charge is 0.496 e. The van der Waals surface area contributed by atoms with Gasteiger partial charge in [-0.2, -0.15) is 0 Å². The summed E-state index contributed by atoms with van der Waals surface area (Å²) in [5.74, 6) is -1.51. The summed E-state index contributed by atoms with van der Waals surface area (Å²) in [5, 5.41) is 20.5. The van der Waals surface area contributed by atoms with Crippen LogP contribution >= 0.6 is 0 Å². The van der Waals surface area contributed by atoms with Crippen LogP contribution in [0.25, 0.3) is 0 Å². The van der Waals surface area contributed by atoms with Gasteiger partial charge in [0.05, 0.1) is 7.11 Å². The summed E-state index contributed by atoms with van der Waals surface area (Å²) in [4.78, 5) is 11.8. The highest BCUT2D eigenvalue weighted by Crippen LogP contribution is 2.35. The number of methoxy groups -OCH3 is 1. The zero-order valence-corrected chi connectivity index (χ0v) is 14.6. The average Bonchev–Trinajstić information content (AvgIpc) is 2.55. The topological polar surface area (TPSA) is 66.8 Å². The fourth-order valence-electron chi connectivity index (χ4n) is 3.14. The highest BCUT2D eigenvalue weighted by molar-refractivity contribution is 5.78. The van der Waals surface area contributed by atoms with Gasteiger partial charge in [0.15, 0.2) is 5.60 Å². The Labute approximate surface area is 146 Å². The van der Waals surface area contributed by atoms with Gasteiger partial charge in [0.1, 0.15) is 11.6 Å². The summed E-state index contributed by atoms with van der Waals surface area (Å²) < 4.78 is 18.7. The highest BCUT2D eigenvalue weighted by Gasteiger charge is 2.42. The molecule has 0 spiro atoms. The van der Waals surface area contributed by atoms with Crippen LogP contribution in [-0.2, 0) is 16.6 Å². The molecule has 5 heteroatoms. The minimum absolute atomic E-state index is 0.0288. The van der Waals surface area contributed by atoms with E-state index in [9.17, 15) is 19.4 Å². The molecule has 134 valence electrons. The lowest BCUT2D eigenvalue weighted by molar-refractivity contribution is -0.160. The van der Waals surface area contributed by atoms with Crippen LogP contribution in [0.3, 0.4) is 0 Å². The lowest BCUT2D eigenvalue weighted by Gasteiger charge is -2.34. The van der Waals surface area contributed by atoms with E-state index < -0.39 is 22.8 Å². The Balaban J connectivity index is 2.36. The summed E-state index contributed by atoms with van der Waals surface area (Å²) in [6.45, 7) is 3.75. The maximum absolute atomic E-state index is 13.6. The van der Waals surface area contributed by atoms with E-state index in [0.717, 1.165) is 5.56 Å². The quantitative estimate of drug-likeness (QED) is 0.804. The Hall–Kier alpha value is -2.40. The van der Waals surface area contributed by atoms with Crippen molar-refractivity contribution in [3.8, 4) is 5.75 Å². The van der Waals surface area contributed by atoms with Crippen LogP contribution in [0.5, 0.6) is 5.75 Å². The number of carboxylic acids is 1. The molecule has 0 aliphatic rings. The van der Waals surface area contributed by atoms with Crippen LogP contribution in [0, 0.1) is 5.82 Å². The molecule has 1 unspecified atom stereocenters. The summed E-state index contributed by atoms with van der Waals surface area (Å²) in [7, 11) is 1.42. The molecule has 2 rings (SSSR count). The van der Waals surface area contributed by atoms with Crippen LogP contribution in [0.15, 0.2) is 48.5 Å². The van der Waals surface area contributed by atoms with Crippen molar-refractivity contribution in [1.82, 2.24) is 0 Å². The molecule has 1 atom stereocenters. The number of carbonyl (C=O) groups is 1. The molecule has 0 fully saturated rings. The molecule has 2 N–H and O–H groups in total. The number of rotatable bonds is 7. The van der Waals surface area contributed by atoms with Crippen LogP contribution in [-0.4, -0.2) is 28.9 Å². The van der Waals surface area contributed by atoms with Gasteiger partial charge in [0.2, 0.25) is 0 Å². The molecule has 25 heavy (non-hydrogen) atoms. The van der Waals surface area contributed by atoms with Crippen molar-refractivity contribution in [3.63, 3.8) is 0 Å². The normalized spacial score (nSPS) is 14.0. The SMILES string of the molecule is COc1ccc(F)cc1CC(O)(CC(C)(C)c1ccccc1)C(=O)O. The number of hydrogen-bond donors (Lipinski definition) is 2. The van der Waals surface area contributed by atoms with Gasteiger partial charge in [0, 0.05) is 12.0 Å². The zero-order valence-electron chi connectivity index (χ0n) is 14.6. The number of benzene rings is 2. The molecule has 2 aromatic carbocycles. The molecular weight excluding hydrogens is 323 g/mol. The smallest absolute Gasteiger partial charge is 0.336 e. The van der Waals surface area contributed by atoms with Gasteiger partial charge in [-0.1, -0.05) is 44.2 Å². The Morgan fingerprint density at radius 1 is 1.16 bits per heavy atom. The molecular formula is C20H23FO4. The van der Waals surface area contributed by atoms with Crippen molar-refractivity contribution in [2.45, 2.75) is 37.7 Å². The predicted octanol–water partition coefficient (Wildman–Crippen LogP) is 3.56. The molecule has 0 aromatic heterocycles. The first kappa shape index (κ1) is 18.9. The molecule has 0 saturated carbocycles. The molecule has 0 saturated heterocycles. The standard InChI is InChI=1S/C20H23FO4/c1-19(2,15-7-5-4-6-8-15)13-20(24,18(22)23)12-14-11-16(21)9-10-17(14)25-3/h4-11,24H,12-13H2,1-3H3,(H,22,23). The summed E-state index contributed by atoms with van der Waals surface area (Å²) >= 11 is 0. The molecule has 0 amide bonds. The molecule has 0 bridgehead atoms. The first-order chi connectivity index (χ1) is 11.7. The van der Waals surface area contributed by atoms with Gasteiger partial charge in [-0.25, -0.2) is 9.18 Å². The molecule has 0 radical (unpaired) electrons. The van der Waals surface area contributed by atoms with Gasteiger partial charge >= 0.3 is 5.97 Å². The van der Waals surface area contributed by atoms with Gasteiger partial charge in [-0.15, -0.1) is 0 Å². The third-order valence-electron chi connectivity index (χ3n) is 4.41. The maximum atomic E-state index is 13.6. The summed E-state index contributed by atoms with van der Waals surface area (Å²) in [6.07, 6.45) is -0.279. The molecule has 0 heterocycles. The van der Waals surface area contributed by atoms with Gasteiger partial charge in [0.25, 0.3) is 0 Å². The van der Waals surface area contributed by atoms with E-state index in [2.05, 4.69) is 0 Å². The van der Waals surface area contributed by atoms with E-state index in [4.69, 9.17) is 4.74 Å². The minimum Gasteiger partial charge on any atom is -0.496 e. The van der Waals surface area contributed by atoms with Crippen LogP contribution in [0.1, 0.15) is 31.4 Å². The van der Waals surface area contributed by atoms with Crippen LogP contribution < -0.4 is 4.74 Å². The van der Waals surface area contributed by atoms with Gasteiger partial charge in [-0.3, -0.25) is 0 Å². The number of carboxylic acid groups (broad SMARTS) is 1. The number of aliphatic hydroxyl groups is 1. The number of hydrogen-bond acceptors (Lipinski definition) is 3. The summed E-state index contributed by atoms with van der Waals surface area (Å²) in [6, 6.07) is 13.3. The first-order valence-corrected chi connectivity index (χ1v) is 8.02. The van der Waals surface area contributed by atoms with Crippen molar-refractivity contribution in [3.05, 3.63) is 65.5 Å². The van der Waals surface area contributed by atoms with E-state index in [1.165, 1.54) is 25.3 Å². The highest BCUT2D eigenvalue weighted by atomic mass is 19.1. The number of halogens is 1. The van der Waals surface area contributed by atoms with E-state index in [1.54, 1.807) is 0 Å². The van der Waals surface area contributed by atoms with E-state index >= 15 is 0 Å².